The van der Waals surface area contributed by atoms with E-state index in [1.165, 1.54) is 42.3 Å². The number of sulfonamides is 1. The van der Waals surface area contributed by atoms with E-state index in [1.807, 2.05) is 38.1 Å². The maximum absolute atomic E-state index is 13.9. The zero-order valence-electron chi connectivity index (χ0n) is 21.7. The predicted octanol–water partition coefficient (Wildman–Crippen LogP) is 5.36. The molecule has 2 amide bonds. The summed E-state index contributed by atoms with van der Waals surface area (Å²) in [6.45, 7) is 5.19. The van der Waals surface area contributed by atoms with E-state index < -0.39 is 28.5 Å². The maximum atomic E-state index is 13.9. The Morgan fingerprint density at radius 3 is 2.00 bits per heavy atom. The van der Waals surface area contributed by atoms with E-state index in [-0.39, 0.29) is 33.1 Å². The molecule has 0 radical (unpaired) electrons. The number of aryl methyl sites for hydroxylation is 2. The highest BCUT2D eigenvalue weighted by molar-refractivity contribution is 7.92. The second kappa shape index (κ2) is 12.7. The van der Waals surface area contributed by atoms with Crippen molar-refractivity contribution in [3.8, 4) is 0 Å². The SMILES string of the molecule is CC[C@H](C(=O)NC)N(Cc1ccc(C)cc1)C(=O)CN(c1ccc(Cl)c(Cl)c1)S(=O)(=O)c1ccc(C)cc1. The summed E-state index contributed by atoms with van der Waals surface area (Å²) in [5.74, 6) is -0.877. The summed E-state index contributed by atoms with van der Waals surface area (Å²) < 4.78 is 28.6. The molecule has 0 saturated carbocycles. The first-order valence-electron chi connectivity index (χ1n) is 12.1. The van der Waals surface area contributed by atoms with E-state index >= 15 is 0 Å². The standard InChI is InChI=1S/C28H31Cl2N3O4S/c1-5-26(28(35)31-4)32(17-21-10-6-19(2)7-11-21)27(34)18-33(22-12-15-24(29)25(30)16-22)38(36,37)23-13-8-20(3)9-14-23/h6-16,26H,5,17-18H2,1-4H3,(H,31,35)/t26-/m1/s1. The van der Waals surface area contributed by atoms with Gasteiger partial charge in [0.05, 0.1) is 20.6 Å². The lowest BCUT2D eigenvalue weighted by molar-refractivity contribution is -0.140. The van der Waals surface area contributed by atoms with Gasteiger partial charge < -0.3 is 10.2 Å². The molecule has 3 aromatic carbocycles. The maximum Gasteiger partial charge on any atom is 0.264 e. The Kier molecular flexibility index (Phi) is 9.82. The van der Waals surface area contributed by atoms with Gasteiger partial charge in [0.25, 0.3) is 10.0 Å². The van der Waals surface area contributed by atoms with Gasteiger partial charge in [-0.1, -0.05) is 77.7 Å². The van der Waals surface area contributed by atoms with E-state index in [2.05, 4.69) is 5.32 Å². The van der Waals surface area contributed by atoms with Crippen LogP contribution in [0, 0.1) is 13.8 Å². The minimum atomic E-state index is -4.18. The number of rotatable bonds is 10. The first kappa shape index (κ1) is 29.5. The van der Waals surface area contributed by atoms with Crippen molar-refractivity contribution in [1.29, 1.82) is 0 Å². The molecule has 0 aromatic heterocycles. The number of hydrogen-bond acceptors (Lipinski definition) is 4. The summed E-state index contributed by atoms with van der Waals surface area (Å²) in [6.07, 6.45) is 0.342. The fourth-order valence-corrected chi connectivity index (χ4v) is 5.68. The number of nitrogens with zero attached hydrogens (tertiary/aromatic N) is 2. The van der Waals surface area contributed by atoms with Crippen LogP contribution in [0.15, 0.2) is 71.6 Å². The average Bonchev–Trinajstić information content (AvgIpc) is 2.89. The summed E-state index contributed by atoms with van der Waals surface area (Å²) in [4.78, 5) is 28.1. The van der Waals surface area contributed by atoms with Gasteiger partial charge >= 0.3 is 0 Å². The minimum absolute atomic E-state index is 0.0189. The summed E-state index contributed by atoms with van der Waals surface area (Å²) in [5, 5.41) is 3.01. The zero-order chi connectivity index (χ0) is 28.0. The molecule has 3 rings (SSSR count). The number of benzene rings is 3. The van der Waals surface area contributed by atoms with Crippen molar-refractivity contribution < 1.29 is 18.0 Å². The first-order chi connectivity index (χ1) is 18.0. The Balaban J connectivity index is 2.08. The fourth-order valence-electron chi connectivity index (χ4n) is 3.98. The van der Waals surface area contributed by atoms with Crippen LogP contribution in [0.25, 0.3) is 0 Å². The number of likely N-dealkylation sites (N-methyl/N-ethyl adjacent to an activating group) is 1. The van der Waals surface area contributed by atoms with E-state index in [0.717, 1.165) is 21.0 Å². The smallest absolute Gasteiger partial charge is 0.264 e. The fraction of sp³-hybridized carbons (Fsp3) is 0.286. The molecule has 0 heterocycles. The Bertz CT molecular complexity index is 1390. The number of nitrogens with one attached hydrogen (secondary N) is 1. The molecule has 0 bridgehead atoms. The van der Waals surface area contributed by atoms with Crippen LogP contribution in [0.3, 0.4) is 0 Å². The second-order valence-corrected chi connectivity index (χ2v) is 11.6. The summed E-state index contributed by atoms with van der Waals surface area (Å²) >= 11 is 12.3. The number of halogens is 2. The predicted molar refractivity (Wildman–Crippen MR) is 152 cm³/mol. The van der Waals surface area contributed by atoms with Crippen LogP contribution in [0.1, 0.15) is 30.0 Å². The van der Waals surface area contributed by atoms with Crippen LogP contribution in [-0.2, 0) is 26.2 Å². The second-order valence-electron chi connectivity index (χ2n) is 8.97. The topological polar surface area (TPSA) is 86.8 Å². The molecule has 38 heavy (non-hydrogen) atoms. The van der Waals surface area contributed by atoms with Crippen LogP contribution in [0.5, 0.6) is 0 Å². The van der Waals surface area contributed by atoms with Crippen LogP contribution in [-0.4, -0.2) is 44.8 Å². The molecule has 0 unspecified atom stereocenters. The van der Waals surface area contributed by atoms with Crippen LogP contribution >= 0.6 is 23.2 Å². The highest BCUT2D eigenvalue weighted by atomic mass is 35.5. The lowest BCUT2D eigenvalue weighted by Gasteiger charge is -2.33. The third-order valence-electron chi connectivity index (χ3n) is 6.18. The monoisotopic (exact) mass is 575 g/mol. The Morgan fingerprint density at radius 2 is 1.47 bits per heavy atom. The number of hydrogen-bond donors (Lipinski definition) is 1. The van der Waals surface area contributed by atoms with Crippen LogP contribution in [0.2, 0.25) is 10.0 Å². The molecule has 0 spiro atoms. The van der Waals surface area contributed by atoms with E-state index in [4.69, 9.17) is 23.2 Å². The van der Waals surface area contributed by atoms with Gasteiger partial charge in [-0.25, -0.2) is 8.42 Å². The number of carbonyl (C=O) groups excluding carboxylic acids is 2. The van der Waals surface area contributed by atoms with Crippen molar-refractivity contribution in [2.24, 2.45) is 0 Å². The summed E-state index contributed by atoms with van der Waals surface area (Å²) in [6, 6.07) is 17.5. The van der Waals surface area contributed by atoms with Gasteiger partial charge in [-0.3, -0.25) is 13.9 Å². The van der Waals surface area contributed by atoms with Gasteiger partial charge in [0.15, 0.2) is 0 Å². The average molecular weight is 577 g/mol. The number of anilines is 1. The molecule has 202 valence electrons. The highest BCUT2D eigenvalue weighted by Crippen LogP contribution is 2.31. The molecular formula is C28H31Cl2N3O4S. The van der Waals surface area contributed by atoms with Gasteiger partial charge in [0.1, 0.15) is 12.6 Å². The zero-order valence-corrected chi connectivity index (χ0v) is 24.1. The molecule has 10 heteroatoms. The van der Waals surface area contributed by atoms with E-state index in [0.29, 0.717) is 6.42 Å². The third kappa shape index (κ3) is 6.87. The molecule has 0 fully saturated rings. The normalized spacial score (nSPS) is 12.1. The molecule has 3 aromatic rings. The Morgan fingerprint density at radius 1 is 0.895 bits per heavy atom. The molecule has 1 atom stereocenters. The van der Waals surface area contributed by atoms with Gasteiger partial charge in [-0.05, 0) is 56.2 Å². The van der Waals surface area contributed by atoms with Gasteiger partial charge in [-0.2, -0.15) is 0 Å². The number of carbonyl (C=O) groups is 2. The highest BCUT2D eigenvalue weighted by Gasteiger charge is 2.33. The van der Waals surface area contributed by atoms with Crippen molar-refractivity contribution in [1.82, 2.24) is 10.2 Å². The summed E-state index contributed by atoms with van der Waals surface area (Å²) in [7, 11) is -2.68. The molecule has 0 aliphatic carbocycles. The lowest BCUT2D eigenvalue weighted by atomic mass is 10.1. The molecular weight excluding hydrogens is 545 g/mol. The Hall–Kier alpha value is -3.07. The molecule has 0 aliphatic heterocycles. The van der Waals surface area contributed by atoms with Crippen molar-refractivity contribution >= 4 is 50.7 Å². The van der Waals surface area contributed by atoms with Crippen LogP contribution in [0.4, 0.5) is 5.69 Å². The number of amides is 2. The molecule has 1 N–H and O–H groups in total. The van der Waals surface area contributed by atoms with Crippen molar-refractivity contribution in [3.63, 3.8) is 0 Å². The first-order valence-corrected chi connectivity index (χ1v) is 14.3. The van der Waals surface area contributed by atoms with Crippen LogP contribution < -0.4 is 9.62 Å². The molecule has 0 aliphatic rings. The Labute approximate surface area is 234 Å². The van der Waals surface area contributed by atoms with Gasteiger partial charge in [0, 0.05) is 13.6 Å². The summed E-state index contributed by atoms with van der Waals surface area (Å²) in [5.41, 5.74) is 2.94. The largest absolute Gasteiger partial charge is 0.357 e. The van der Waals surface area contributed by atoms with Crippen molar-refractivity contribution in [2.45, 2.75) is 44.7 Å². The van der Waals surface area contributed by atoms with E-state index in [1.54, 1.807) is 19.1 Å². The lowest BCUT2D eigenvalue weighted by Crippen LogP contribution is -2.51. The minimum Gasteiger partial charge on any atom is -0.357 e. The van der Waals surface area contributed by atoms with Gasteiger partial charge in [-0.15, -0.1) is 0 Å². The van der Waals surface area contributed by atoms with Crippen molar-refractivity contribution in [2.75, 3.05) is 17.9 Å². The van der Waals surface area contributed by atoms with Gasteiger partial charge in [0.2, 0.25) is 11.8 Å². The molecule has 7 nitrogen and oxygen atoms in total. The van der Waals surface area contributed by atoms with E-state index in [9.17, 15) is 18.0 Å². The van der Waals surface area contributed by atoms with Crippen molar-refractivity contribution in [3.05, 3.63) is 93.5 Å². The molecule has 0 saturated heterocycles. The quantitative estimate of drug-likeness (QED) is 0.352. The third-order valence-corrected chi connectivity index (χ3v) is 8.71.